The summed E-state index contributed by atoms with van der Waals surface area (Å²) in [5.74, 6) is -0.216. The molecule has 0 aliphatic carbocycles. The van der Waals surface area contributed by atoms with E-state index in [1.54, 1.807) is 146 Å². The number of unbranched alkanes of at least 4 members (excludes halogenated alkanes) is 1. The number of benzene rings is 12. The highest BCUT2D eigenvalue weighted by molar-refractivity contribution is 7.86. The number of anilines is 6. The number of azo groups is 8. The molecule has 0 spiro atoms. The molecule has 39 nitrogen and oxygen atoms in total. The molecule has 670 valence electrons. The van der Waals surface area contributed by atoms with Gasteiger partial charge in [0.05, 0.1) is 94.3 Å². The van der Waals surface area contributed by atoms with E-state index in [-0.39, 0.29) is 87.2 Å². The van der Waals surface area contributed by atoms with Gasteiger partial charge in [-0.05, 0) is 287 Å². The third-order valence-corrected chi connectivity index (χ3v) is 22.7. The molecule has 0 aliphatic heterocycles. The van der Waals surface area contributed by atoms with Gasteiger partial charge in [0.15, 0.2) is 11.1 Å². The monoisotopic (exact) mass is 1860 g/mol. The summed E-state index contributed by atoms with van der Waals surface area (Å²) in [6.45, 7) is 7.57. The van der Waals surface area contributed by atoms with Crippen molar-refractivity contribution < 1.29 is 57.6 Å². The SMILES string of the molecule is Cc1cc(Cc2nc(Cc3ccc(N=Nc4ccc(N=Nc5ccccc5)cc4S(=O)(=O)O)c(C)c3)nc(NC(CCCCNc3nc(Nc4ccc(N=Nc5ccc(N=Nc6ccc(S(=O)(=O)O)cc6)cc5)c(C)c4)nc(Nc4ccc(N=Nc5ccc(N=Nc6ccccc6)cc5S(=O)O)c(C)c4)n3)C(=O)O)n2)ccc1N=Nc1ccc(N=Nc2ccc(S(=O)(=O)O)cc2)cc1. The van der Waals surface area contributed by atoms with Gasteiger partial charge in [-0.15, -0.1) is 10.2 Å². The van der Waals surface area contributed by atoms with E-state index in [1.165, 1.54) is 72.8 Å². The molecule has 2 aromatic heterocycles. The van der Waals surface area contributed by atoms with E-state index < -0.39 is 58.3 Å². The van der Waals surface area contributed by atoms with Crippen LogP contribution < -0.4 is 21.3 Å². The van der Waals surface area contributed by atoms with Crippen molar-refractivity contribution in [3.63, 3.8) is 0 Å². The van der Waals surface area contributed by atoms with Gasteiger partial charge in [-0.25, -0.2) is 14.0 Å². The number of carbonyl (C=O) groups is 1. The van der Waals surface area contributed by atoms with Crippen molar-refractivity contribution in [1.29, 1.82) is 0 Å². The normalized spacial score (nSPS) is 12.7. The summed E-state index contributed by atoms with van der Waals surface area (Å²) in [5, 5.41) is 92.3. The van der Waals surface area contributed by atoms with Crippen molar-refractivity contribution in [3.8, 4) is 0 Å². The van der Waals surface area contributed by atoms with Gasteiger partial charge in [-0.3, -0.25) is 13.7 Å². The fraction of sp³-hybridized carbons (Fsp3) is 0.122. The van der Waals surface area contributed by atoms with Crippen molar-refractivity contribution in [1.82, 2.24) is 29.9 Å². The molecular formula is C90H78N26O13S4. The molecule has 0 amide bonds. The Morgan fingerprint density at radius 2 is 0.684 bits per heavy atom. The molecule has 9 N–H and O–H groups in total. The molecule has 14 aromatic rings. The topological polar surface area (TPSA) is 561 Å². The Labute approximate surface area is 763 Å². The van der Waals surface area contributed by atoms with Gasteiger partial charge in [0.25, 0.3) is 30.4 Å². The Morgan fingerprint density at radius 1 is 0.346 bits per heavy atom. The zero-order chi connectivity index (χ0) is 93.6. The molecular weight excluding hydrogens is 1780 g/mol. The third-order valence-electron chi connectivity index (χ3n) is 19.4. The number of nitrogens with one attached hydrogen (secondary N) is 4. The molecule has 0 radical (unpaired) electrons. The van der Waals surface area contributed by atoms with Crippen LogP contribution in [0, 0.1) is 27.7 Å². The average Bonchev–Trinajstić information content (AvgIpc) is 0.775. The zero-order valence-corrected chi connectivity index (χ0v) is 74.0. The standard InChI is InChI=1S/C90H78N26O13S4/c1-55-47-59(18-40-75(55)111-107-65-24-20-63(21-25-65)103-105-67-28-36-73(37-29-67)131(121,122)123)51-84-95-85(52-60-19-41-76(56(2)48-60)114-116-80-45-35-72(54-83(80)133(127,128)129)110-102-62-15-9-6-10-16-62)97-90(96-84)94-81(86(117)118)17-11-12-46-91-87-98-88(92-69-32-42-77(57(3)49-69)112-108-66-26-22-64(23-27-66)104-106-68-30-38-74(39-31-68)132(124,125)126)100-89(99-87)93-70-33-43-78(58(4)50-70)113-115-79-44-34-71(53-82(79)130(119)120)109-101-61-13-7-5-8-14-61/h5-10,13-16,18-45,47-50,53-54,81H,11-12,17,46,51-52H2,1-4H3,(H,117,118)(H,119,120)(H,121,122,123)(H,124,125,126)(H,127,128,129)(H,94,95,96,97)(H3,91,92,93,98,99,100). The van der Waals surface area contributed by atoms with Crippen molar-refractivity contribution in [2.24, 2.45) is 81.8 Å². The van der Waals surface area contributed by atoms with E-state index in [2.05, 4.69) is 103 Å². The molecule has 0 aliphatic rings. The van der Waals surface area contributed by atoms with Crippen LogP contribution in [0.1, 0.15) is 64.3 Å². The van der Waals surface area contributed by atoms with Crippen LogP contribution in [0.2, 0.25) is 0 Å². The summed E-state index contributed by atoms with van der Waals surface area (Å²) in [5.41, 5.74) is 11.6. The second kappa shape index (κ2) is 42.9. The molecule has 2 heterocycles. The van der Waals surface area contributed by atoms with E-state index in [1.807, 2.05) is 69.3 Å². The summed E-state index contributed by atoms with van der Waals surface area (Å²) in [6, 6.07) is 70.6. The van der Waals surface area contributed by atoms with Crippen molar-refractivity contribution >= 4 is 174 Å². The molecule has 133 heavy (non-hydrogen) atoms. The van der Waals surface area contributed by atoms with Crippen LogP contribution in [-0.2, 0) is 59.1 Å². The fourth-order valence-corrected chi connectivity index (χ4v) is 14.7. The lowest BCUT2D eigenvalue weighted by Crippen LogP contribution is -2.30. The van der Waals surface area contributed by atoms with Crippen LogP contribution in [0.3, 0.4) is 0 Å². The lowest BCUT2D eigenvalue weighted by molar-refractivity contribution is -0.138. The van der Waals surface area contributed by atoms with Gasteiger partial charge in [0.2, 0.25) is 23.8 Å². The molecule has 43 heteroatoms. The first-order chi connectivity index (χ1) is 63.9. The Morgan fingerprint density at radius 3 is 1.08 bits per heavy atom. The fourth-order valence-electron chi connectivity index (χ4n) is 12.6. The highest BCUT2D eigenvalue weighted by Crippen LogP contribution is 2.38. The maximum absolute atomic E-state index is 13.3. The first kappa shape index (κ1) is 93.1. The minimum Gasteiger partial charge on any atom is -0.480 e. The predicted octanol–water partition coefficient (Wildman–Crippen LogP) is 24.8. The van der Waals surface area contributed by atoms with Crippen molar-refractivity contribution in [2.75, 3.05) is 27.8 Å². The zero-order valence-electron chi connectivity index (χ0n) is 70.7. The van der Waals surface area contributed by atoms with Gasteiger partial charge in [0.1, 0.15) is 34.0 Å². The van der Waals surface area contributed by atoms with Crippen LogP contribution in [0.5, 0.6) is 0 Å². The maximum atomic E-state index is 13.3. The largest absolute Gasteiger partial charge is 0.480 e. The van der Waals surface area contributed by atoms with Gasteiger partial charge >= 0.3 is 5.97 Å². The Kier molecular flexibility index (Phi) is 30.1. The number of rotatable bonds is 37. The highest BCUT2D eigenvalue weighted by atomic mass is 32.2. The van der Waals surface area contributed by atoms with Crippen molar-refractivity contribution in [3.05, 3.63) is 312 Å². The summed E-state index contributed by atoms with van der Waals surface area (Å²) < 4.78 is 123. The first-order valence-electron chi connectivity index (χ1n) is 40.3. The van der Waals surface area contributed by atoms with Gasteiger partial charge < -0.3 is 30.9 Å². The lowest BCUT2D eigenvalue weighted by atomic mass is 10.1. The molecule has 2 unspecified atom stereocenters. The number of nitrogens with zero attached hydrogens (tertiary/aromatic N) is 22. The van der Waals surface area contributed by atoms with Crippen LogP contribution in [0.4, 0.5) is 126 Å². The van der Waals surface area contributed by atoms with Gasteiger partial charge in [-0.1, -0.05) is 60.7 Å². The Balaban J connectivity index is 0.675. The Bertz CT molecular complexity index is 7300. The second-order valence-corrected chi connectivity index (χ2v) is 34.5. The highest BCUT2D eigenvalue weighted by Gasteiger charge is 2.23. The van der Waals surface area contributed by atoms with E-state index in [9.17, 15) is 57.6 Å². The molecule has 0 saturated heterocycles. The molecule has 0 saturated carbocycles. The molecule has 2 atom stereocenters. The number of aliphatic carboxylic acids is 1. The maximum Gasteiger partial charge on any atom is 0.326 e. The van der Waals surface area contributed by atoms with Gasteiger partial charge in [-0.2, -0.15) is 122 Å². The molecule has 12 aromatic carbocycles. The van der Waals surface area contributed by atoms with E-state index in [0.717, 1.165) is 22.8 Å². The average molecular weight is 1860 g/mol. The second-order valence-electron chi connectivity index (χ2n) is 29.4. The summed E-state index contributed by atoms with van der Waals surface area (Å²) in [4.78, 5) is 40.8. The van der Waals surface area contributed by atoms with Crippen LogP contribution in [-0.4, -0.2) is 101 Å². The number of hydrogen-bond acceptors (Lipinski definition) is 34. The summed E-state index contributed by atoms with van der Waals surface area (Å²) >= 11 is -2.45. The Hall–Kier alpha value is -16.0. The number of hydrogen-bond donors (Lipinski definition) is 9. The van der Waals surface area contributed by atoms with Crippen molar-refractivity contribution in [2.45, 2.75) is 85.4 Å². The number of aromatic nitrogens is 6. The lowest BCUT2D eigenvalue weighted by Gasteiger charge is -2.16. The molecule has 0 fully saturated rings. The third kappa shape index (κ3) is 27.1. The number of carboxylic acids is 1. The van der Waals surface area contributed by atoms with E-state index in [4.69, 9.17) is 29.9 Å². The van der Waals surface area contributed by atoms with Crippen LogP contribution >= 0.6 is 0 Å². The van der Waals surface area contributed by atoms with E-state index in [0.29, 0.717) is 121 Å². The van der Waals surface area contributed by atoms with Gasteiger partial charge in [0, 0.05) is 30.8 Å². The first-order valence-corrected chi connectivity index (χ1v) is 45.7. The summed E-state index contributed by atoms with van der Waals surface area (Å²) in [7, 11) is -13.5. The van der Waals surface area contributed by atoms with E-state index >= 15 is 0 Å². The minimum atomic E-state index is -4.80. The number of carboxylic acid groups (broad SMARTS) is 1. The summed E-state index contributed by atoms with van der Waals surface area (Å²) in [6.07, 6.45) is 1.16. The van der Waals surface area contributed by atoms with Crippen LogP contribution in [0.25, 0.3) is 0 Å². The molecule has 0 bridgehead atoms. The number of aryl methyl sites for hydroxylation is 4. The minimum absolute atomic E-state index is 0.00763. The quantitative estimate of drug-likeness (QED) is 0.00755. The van der Waals surface area contributed by atoms with Crippen LogP contribution in [0.15, 0.2) is 368 Å². The smallest absolute Gasteiger partial charge is 0.326 e. The predicted molar refractivity (Wildman–Crippen MR) is 497 cm³/mol. The molecule has 14 rings (SSSR count).